The van der Waals surface area contributed by atoms with Crippen molar-refractivity contribution in [3.05, 3.63) is 52.1 Å². The number of hydrogen-bond donors (Lipinski definition) is 3. The van der Waals surface area contributed by atoms with Gasteiger partial charge in [0.05, 0.1) is 17.8 Å². The second-order valence-electron chi connectivity index (χ2n) is 8.33. The van der Waals surface area contributed by atoms with Gasteiger partial charge in [-0.25, -0.2) is 4.39 Å². The summed E-state index contributed by atoms with van der Waals surface area (Å²) in [6, 6.07) is 3.89. The molecule has 1 atom stereocenters. The minimum absolute atomic E-state index is 0.103. The summed E-state index contributed by atoms with van der Waals surface area (Å²) in [6.07, 6.45) is 0.544. The van der Waals surface area contributed by atoms with Crippen LogP contribution in [-0.4, -0.2) is 63.8 Å². The number of benzene rings is 1. The molecule has 1 fully saturated rings. The predicted molar refractivity (Wildman–Crippen MR) is 119 cm³/mol. The molecule has 3 rings (SSSR count). The van der Waals surface area contributed by atoms with Crippen LogP contribution in [0.2, 0.25) is 0 Å². The van der Waals surface area contributed by atoms with Crippen LogP contribution in [0.25, 0.3) is 0 Å². The average molecular weight is 458 g/mol. The van der Waals surface area contributed by atoms with Gasteiger partial charge < -0.3 is 20.3 Å². The lowest BCUT2D eigenvalue weighted by molar-refractivity contribution is -0.138. The number of amides is 2. The number of Topliss-reactive ketones (excluding diaryl/α,β-unsaturated/α-hetero) is 1. The Morgan fingerprint density at radius 1 is 1.18 bits per heavy atom. The number of rotatable bonds is 7. The zero-order chi connectivity index (χ0) is 24.4. The van der Waals surface area contributed by atoms with E-state index in [2.05, 4.69) is 10.6 Å². The Balaban J connectivity index is 1.76. The molecule has 2 amide bonds. The zero-order valence-electron chi connectivity index (χ0n) is 19.0. The van der Waals surface area contributed by atoms with Crippen LogP contribution in [0.15, 0.2) is 18.2 Å². The van der Waals surface area contributed by atoms with E-state index in [4.69, 9.17) is 5.11 Å². The second kappa shape index (κ2) is 9.53. The fourth-order valence-electron chi connectivity index (χ4n) is 4.19. The lowest BCUT2D eigenvalue weighted by Gasteiger charge is -2.14. The summed E-state index contributed by atoms with van der Waals surface area (Å²) in [5.74, 6) is -3.37. The summed E-state index contributed by atoms with van der Waals surface area (Å²) >= 11 is 0. The highest BCUT2D eigenvalue weighted by molar-refractivity contribution is 6.43. The average Bonchev–Trinajstić information content (AvgIpc) is 3.25. The van der Waals surface area contributed by atoms with Gasteiger partial charge in [-0.05, 0) is 56.5 Å². The number of ketones is 1. The monoisotopic (exact) mass is 458 g/mol. The number of carbonyl (C=O) groups is 4. The van der Waals surface area contributed by atoms with E-state index in [1.807, 2.05) is 0 Å². The maximum absolute atomic E-state index is 13.5. The molecule has 1 unspecified atom stereocenters. The number of anilines is 1. The molecule has 0 spiro atoms. The van der Waals surface area contributed by atoms with Crippen LogP contribution >= 0.6 is 0 Å². The van der Waals surface area contributed by atoms with Gasteiger partial charge in [0.2, 0.25) is 0 Å². The Labute approximate surface area is 190 Å². The third-order valence-electron chi connectivity index (χ3n) is 5.96. The van der Waals surface area contributed by atoms with Crippen molar-refractivity contribution in [1.82, 2.24) is 14.8 Å². The van der Waals surface area contributed by atoms with Gasteiger partial charge in [0.1, 0.15) is 5.82 Å². The van der Waals surface area contributed by atoms with Crippen molar-refractivity contribution in [3.8, 4) is 0 Å². The summed E-state index contributed by atoms with van der Waals surface area (Å²) in [7, 11) is 1.60. The Kier molecular flexibility index (Phi) is 6.97. The highest BCUT2D eigenvalue weighted by atomic mass is 19.1. The standard InChI is InChI=1S/C23H27FN4O5/c1-12-9-15(5-6-17(12)24)25-22(32)19-13(2)20(27(4)14(19)3)21(31)23(33)26-16-7-8-28(10-16)11-18(29)30/h5-6,9,16H,7-8,10-11H2,1-4H3,(H,25,32)(H,26,33)(H,29,30). The van der Waals surface area contributed by atoms with Crippen molar-refractivity contribution in [3.63, 3.8) is 0 Å². The molecule has 0 saturated carbocycles. The van der Waals surface area contributed by atoms with Crippen LogP contribution in [0.1, 0.15) is 44.1 Å². The molecule has 176 valence electrons. The summed E-state index contributed by atoms with van der Waals surface area (Å²) in [6.45, 7) is 5.60. The molecule has 33 heavy (non-hydrogen) atoms. The summed E-state index contributed by atoms with van der Waals surface area (Å²) in [5.41, 5.74) is 2.05. The molecule has 2 heterocycles. The van der Waals surface area contributed by atoms with E-state index in [1.54, 1.807) is 32.7 Å². The first kappa shape index (κ1) is 24.1. The maximum atomic E-state index is 13.5. The van der Waals surface area contributed by atoms with E-state index >= 15 is 0 Å². The van der Waals surface area contributed by atoms with Gasteiger partial charge in [-0.15, -0.1) is 0 Å². The smallest absolute Gasteiger partial charge is 0.317 e. The lowest BCUT2D eigenvalue weighted by atomic mass is 10.1. The minimum Gasteiger partial charge on any atom is -0.480 e. The molecule has 0 aliphatic carbocycles. The number of nitrogens with zero attached hydrogens (tertiary/aromatic N) is 2. The van der Waals surface area contributed by atoms with Gasteiger partial charge in [0.15, 0.2) is 0 Å². The highest BCUT2D eigenvalue weighted by Crippen LogP contribution is 2.24. The van der Waals surface area contributed by atoms with Gasteiger partial charge >= 0.3 is 5.97 Å². The number of likely N-dealkylation sites (tertiary alicyclic amines) is 1. The maximum Gasteiger partial charge on any atom is 0.317 e. The molecular weight excluding hydrogens is 431 g/mol. The molecule has 2 aromatic rings. The van der Waals surface area contributed by atoms with Crippen LogP contribution in [0.3, 0.4) is 0 Å². The molecule has 9 nitrogen and oxygen atoms in total. The molecule has 1 aromatic carbocycles. The SMILES string of the molecule is Cc1cc(NC(=O)c2c(C)c(C(=O)C(=O)NC3CCN(CC(=O)O)C3)n(C)c2C)ccc1F. The van der Waals surface area contributed by atoms with Crippen molar-refractivity contribution in [2.75, 3.05) is 25.0 Å². The zero-order valence-corrected chi connectivity index (χ0v) is 19.0. The molecule has 3 N–H and O–H groups in total. The first-order chi connectivity index (χ1) is 15.5. The number of hydrogen-bond acceptors (Lipinski definition) is 5. The van der Waals surface area contributed by atoms with E-state index < -0.39 is 23.6 Å². The first-order valence-corrected chi connectivity index (χ1v) is 10.5. The van der Waals surface area contributed by atoms with Gasteiger partial charge in [0.25, 0.3) is 17.6 Å². The number of halogens is 1. The number of carbonyl (C=O) groups excluding carboxylic acids is 3. The van der Waals surface area contributed by atoms with Gasteiger partial charge in [-0.3, -0.25) is 24.1 Å². The first-order valence-electron chi connectivity index (χ1n) is 10.5. The van der Waals surface area contributed by atoms with Gasteiger partial charge in [-0.1, -0.05) is 0 Å². The van der Waals surface area contributed by atoms with E-state index in [1.165, 1.54) is 22.8 Å². The fourth-order valence-corrected chi connectivity index (χ4v) is 4.19. The summed E-state index contributed by atoms with van der Waals surface area (Å²) in [4.78, 5) is 51.1. The molecule has 1 aromatic heterocycles. The van der Waals surface area contributed by atoms with Crippen LogP contribution in [0.4, 0.5) is 10.1 Å². The van der Waals surface area contributed by atoms with E-state index in [9.17, 15) is 23.6 Å². The Bertz CT molecular complexity index is 1140. The van der Waals surface area contributed by atoms with Crippen molar-refractivity contribution < 1.29 is 28.7 Å². The molecule has 0 bridgehead atoms. The highest BCUT2D eigenvalue weighted by Gasteiger charge is 2.31. The molecule has 0 radical (unpaired) electrons. The molecule has 1 aliphatic rings. The van der Waals surface area contributed by atoms with Crippen LogP contribution < -0.4 is 10.6 Å². The lowest BCUT2D eigenvalue weighted by Crippen LogP contribution is -2.42. The van der Waals surface area contributed by atoms with Crippen molar-refractivity contribution in [2.45, 2.75) is 33.2 Å². The summed E-state index contributed by atoms with van der Waals surface area (Å²) in [5, 5.41) is 14.3. The Morgan fingerprint density at radius 2 is 1.88 bits per heavy atom. The van der Waals surface area contributed by atoms with Crippen molar-refractivity contribution >= 4 is 29.3 Å². The summed E-state index contributed by atoms with van der Waals surface area (Å²) < 4.78 is 15.0. The second-order valence-corrected chi connectivity index (χ2v) is 8.33. The third kappa shape index (κ3) is 5.11. The van der Waals surface area contributed by atoms with Crippen molar-refractivity contribution in [2.24, 2.45) is 7.05 Å². The normalized spacial score (nSPS) is 16.0. The van der Waals surface area contributed by atoms with Crippen molar-refractivity contribution in [1.29, 1.82) is 0 Å². The Hall–Kier alpha value is -3.53. The van der Waals surface area contributed by atoms with E-state index in [0.29, 0.717) is 42.0 Å². The van der Waals surface area contributed by atoms with E-state index in [-0.39, 0.29) is 29.7 Å². The van der Waals surface area contributed by atoms with E-state index in [0.717, 1.165) is 0 Å². The number of aromatic nitrogens is 1. The van der Waals surface area contributed by atoms with Gasteiger partial charge in [0, 0.05) is 37.6 Å². The Morgan fingerprint density at radius 3 is 2.52 bits per heavy atom. The minimum atomic E-state index is -0.949. The number of carboxylic acids is 1. The molecular formula is C23H27FN4O5. The van der Waals surface area contributed by atoms with Crippen LogP contribution in [0.5, 0.6) is 0 Å². The molecule has 1 aliphatic heterocycles. The fraction of sp³-hybridized carbons (Fsp3) is 0.391. The quantitative estimate of drug-likeness (QED) is 0.430. The third-order valence-corrected chi connectivity index (χ3v) is 5.96. The number of carboxylic acid groups (broad SMARTS) is 1. The molecule has 1 saturated heterocycles. The number of nitrogens with one attached hydrogen (secondary N) is 2. The van der Waals surface area contributed by atoms with Gasteiger partial charge in [-0.2, -0.15) is 0 Å². The number of aliphatic carboxylic acids is 1. The number of aryl methyl sites for hydroxylation is 1. The molecule has 10 heteroatoms. The topological polar surface area (TPSA) is 121 Å². The van der Waals surface area contributed by atoms with Crippen LogP contribution in [0, 0.1) is 26.6 Å². The predicted octanol–water partition coefficient (Wildman–Crippen LogP) is 1.80. The van der Waals surface area contributed by atoms with Crippen LogP contribution in [-0.2, 0) is 16.6 Å². The largest absolute Gasteiger partial charge is 0.480 e.